The van der Waals surface area contributed by atoms with E-state index in [4.69, 9.17) is 4.74 Å². The van der Waals surface area contributed by atoms with Gasteiger partial charge in [0.15, 0.2) is 0 Å². The van der Waals surface area contributed by atoms with Gasteiger partial charge in [-0.2, -0.15) is 0 Å². The lowest BCUT2D eigenvalue weighted by molar-refractivity contribution is 0.279. The van der Waals surface area contributed by atoms with Crippen LogP contribution in [-0.2, 0) is 0 Å². The lowest BCUT2D eigenvalue weighted by Gasteiger charge is -2.12. The predicted octanol–water partition coefficient (Wildman–Crippen LogP) is 14.0. The number of rotatable bonds is 28. The number of thiophene rings is 1. The topological polar surface area (TPSA) is 9.23 Å². The molecule has 0 aliphatic rings. The van der Waals surface area contributed by atoms with Crippen LogP contribution in [0.25, 0.3) is 10.1 Å². The molecule has 0 bridgehead atoms. The van der Waals surface area contributed by atoms with Crippen molar-refractivity contribution in [1.82, 2.24) is 0 Å². The molecule has 0 saturated heterocycles. The Morgan fingerprint density at radius 2 is 1.00 bits per heavy atom. The number of hydrogen-bond donors (Lipinski definition) is 0. The highest BCUT2D eigenvalue weighted by atomic mass is 32.1. The maximum absolute atomic E-state index is 6.23. The molecule has 0 saturated carbocycles. The van der Waals surface area contributed by atoms with E-state index < -0.39 is 0 Å². The molecule has 1 aromatic heterocycles. The second kappa shape index (κ2) is 24.6. The Morgan fingerprint density at radius 1 is 0.575 bits per heavy atom. The van der Waals surface area contributed by atoms with Crippen molar-refractivity contribution < 1.29 is 4.74 Å². The van der Waals surface area contributed by atoms with Crippen LogP contribution in [0.1, 0.15) is 179 Å². The van der Waals surface area contributed by atoms with Crippen LogP contribution >= 0.6 is 11.3 Å². The third-order valence-corrected chi connectivity index (χ3v) is 9.94. The standard InChI is InChI=1S/C38H66OS/c1-4-5-6-7-8-9-10-11-12-13-14-15-16-17-18-19-20-21-22-23-24-25-26-29-34(2)32-33-39-38-35(3)40-37-31-28-27-30-36(37)38/h27-28,30-31,34H,4-26,29,32-33H2,1-3H3. The highest BCUT2D eigenvalue weighted by Gasteiger charge is 2.10. The zero-order valence-electron chi connectivity index (χ0n) is 27.1. The first-order chi connectivity index (χ1) is 19.7. The van der Waals surface area contributed by atoms with E-state index in [0.717, 1.165) is 18.3 Å². The van der Waals surface area contributed by atoms with Crippen LogP contribution in [0.15, 0.2) is 24.3 Å². The zero-order valence-corrected chi connectivity index (χ0v) is 27.9. The molecule has 230 valence electrons. The minimum Gasteiger partial charge on any atom is -0.492 e. The molecule has 0 amide bonds. The zero-order chi connectivity index (χ0) is 28.5. The summed E-state index contributed by atoms with van der Waals surface area (Å²) in [6, 6.07) is 8.63. The number of fused-ring (bicyclic) bond motifs is 1. The maximum atomic E-state index is 6.23. The summed E-state index contributed by atoms with van der Waals surface area (Å²) in [5, 5.41) is 1.28. The van der Waals surface area contributed by atoms with Gasteiger partial charge in [0.2, 0.25) is 0 Å². The second-order valence-electron chi connectivity index (χ2n) is 12.8. The Balaban J connectivity index is 1.26. The quantitative estimate of drug-likeness (QED) is 0.0924. The molecule has 2 aromatic rings. The van der Waals surface area contributed by atoms with E-state index in [-0.39, 0.29) is 0 Å². The Hall–Kier alpha value is -1.02. The van der Waals surface area contributed by atoms with Gasteiger partial charge in [-0.25, -0.2) is 0 Å². The van der Waals surface area contributed by atoms with Crippen molar-refractivity contribution in [3.8, 4) is 5.75 Å². The predicted molar refractivity (Wildman–Crippen MR) is 182 cm³/mol. The average molecular weight is 571 g/mol. The Bertz CT molecular complexity index is 824. The van der Waals surface area contributed by atoms with E-state index in [1.807, 2.05) is 11.3 Å². The smallest absolute Gasteiger partial charge is 0.140 e. The molecular formula is C38H66OS. The molecule has 1 nitrogen and oxygen atoms in total. The fourth-order valence-electron chi connectivity index (χ4n) is 6.11. The van der Waals surface area contributed by atoms with Gasteiger partial charge >= 0.3 is 0 Å². The number of benzene rings is 1. The summed E-state index contributed by atoms with van der Waals surface area (Å²) in [5.41, 5.74) is 0. The summed E-state index contributed by atoms with van der Waals surface area (Å²) < 4.78 is 7.57. The molecule has 0 spiro atoms. The molecule has 1 unspecified atom stereocenters. The molecule has 1 heterocycles. The van der Waals surface area contributed by atoms with Crippen molar-refractivity contribution in [2.45, 2.75) is 181 Å². The molecule has 40 heavy (non-hydrogen) atoms. The number of unbranched alkanes of at least 4 members (excludes halogenated alkanes) is 22. The highest BCUT2D eigenvalue weighted by molar-refractivity contribution is 7.19. The van der Waals surface area contributed by atoms with Gasteiger partial charge in [0.25, 0.3) is 0 Å². The molecule has 0 aliphatic heterocycles. The summed E-state index contributed by atoms with van der Waals surface area (Å²) in [7, 11) is 0. The van der Waals surface area contributed by atoms with Crippen molar-refractivity contribution in [2.75, 3.05) is 6.61 Å². The van der Waals surface area contributed by atoms with Crippen molar-refractivity contribution in [1.29, 1.82) is 0 Å². The molecule has 0 radical (unpaired) electrons. The minimum atomic E-state index is 0.764. The van der Waals surface area contributed by atoms with Gasteiger partial charge in [0, 0.05) is 15.0 Å². The van der Waals surface area contributed by atoms with Crippen molar-refractivity contribution in [2.24, 2.45) is 5.92 Å². The number of ether oxygens (including phenoxy) is 1. The van der Waals surface area contributed by atoms with E-state index in [1.54, 1.807) is 0 Å². The normalized spacial score (nSPS) is 12.4. The monoisotopic (exact) mass is 570 g/mol. The molecule has 2 rings (SSSR count). The van der Waals surface area contributed by atoms with Crippen molar-refractivity contribution in [3.63, 3.8) is 0 Å². The first-order valence-corrected chi connectivity index (χ1v) is 18.6. The van der Waals surface area contributed by atoms with E-state index >= 15 is 0 Å². The van der Waals surface area contributed by atoms with Gasteiger partial charge < -0.3 is 4.74 Å². The minimum absolute atomic E-state index is 0.764. The molecule has 2 heteroatoms. The Kier molecular flexibility index (Phi) is 21.6. The highest BCUT2D eigenvalue weighted by Crippen LogP contribution is 2.37. The third kappa shape index (κ3) is 17.1. The summed E-state index contributed by atoms with van der Waals surface area (Å²) in [6.07, 6.45) is 36.1. The number of hydrogen-bond acceptors (Lipinski definition) is 2. The van der Waals surface area contributed by atoms with Gasteiger partial charge in [0.1, 0.15) is 5.75 Å². The van der Waals surface area contributed by atoms with Gasteiger partial charge in [-0.3, -0.25) is 0 Å². The molecule has 0 N–H and O–H groups in total. The van der Waals surface area contributed by atoms with Gasteiger partial charge in [-0.1, -0.05) is 180 Å². The van der Waals surface area contributed by atoms with Crippen LogP contribution in [0.5, 0.6) is 5.75 Å². The molecule has 1 aromatic carbocycles. The Labute approximate surface area is 254 Å². The second-order valence-corrected chi connectivity index (χ2v) is 14.0. The third-order valence-electron chi connectivity index (χ3n) is 8.87. The van der Waals surface area contributed by atoms with E-state index in [0.29, 0.717) is 0 Å². The summed E-state index contributed by atoms with van der Waals surface area (Å²) in [4.78, 5) is 1.31. The SMILES string of the molecule is CCCCCCCCCCCCCCCCCCCCCCCCCC(C)CCOc1c(C)sc2ccccc12. The van der Waals surface area contributed by atoms with E-state index in [1.165, 1.54) is 175 Å². The van der Waals surface area contributed by atoms with Crippen LogP contribution in [-0.4, -0.2) is 6.61 Å². The summed E-state index contributed by atoms with van der Waals surface area (Å²) >= 11 is 1.85. The van der Waals surface area contributed by atoms with Crippen LogP contribution in [0, 0.1) is 12.8 Å². The fourth-order valence-corrected chi connectivity index (χ4v) is 7.12. The molecule has 0 aliphatic carbocycles. The number of aryl methyl sites for hydroxylation is 1. The van der Waals surface area contributed by atoms with Gasteiger partial charge in [0.05, 0.1) is 6.61 Å². The largest absolute Gasteiger partial charge is 0.492 e. The van der Waals surface area contributed by atoms with Gasteiger partial charge in [-0.15, -0.1) is 11.3 Å². The Morgan fingerprint density at radius 3 is 1.48 bits per heavy atom. The van der Waals surface area contributed by atoms with Crippen molar-refractivity contribution >= 4 is 21.4 Å². The van der Waals surface area contributed by atoms with E-state index in [2.05, 4.69) is 45.0 Å². The molecule has 0 fully saturated rings. The lowest BCUT2D eigenvalue weighted by Crippen LogP contribution is -2.04. The van der Waals surface area contributed by atoms with Gasteiger partial charge in [-0.05, 0) is 31.4 Å². The first-order valence-electron chi connectivity index (χ1n) is 17.8. The van der Waals surface area contributed by atoms with Crippen LogP contribution in [0.4, 0.5) is 0 Å². The van der Waals surface area contributed by atoms with Crippen LogP contribution in [0.3, 0.4) is 0 Å². The summed E-state index contributed by atoms with van der Waals surface area (Å²) in [5.74, 6) is 1.88. The lowest BCUT2D eigenvalue weighted by atomic mass is 9.99. The average Bonchev–Trinajstić information content (AvgIpc) is 3.28. The fraction of sp³-hybridized carbons (Fsp3) is 0.789. The summed E-state index contributed by atoms with van der Waals surface area (Å²) in [6.45, 7) is 7.74. The molecule has 1 atom stereocenters. The molecular weight excluding hydrogens is 504 g/mol. The maximum Gasteiger partial charge on any atom is 0.140 e. The van der Waals surface area contributed by atoms with E-state index in [9.17, 15) is 0 Å². The van der Waals surface area contributed by atoms with Crippen LogP contribution < -0.4 is 4.74 Å². The van der Waals surface area contributed by atoms with Crippen LogP contribution in [0.2, 0.25) is 0 Å². The first kappa shape index (κ1) is 35.2. The van der Waals surface area contributed by atoms with Crippen molar-refractivity contribution in [3.05, 3.63) is 29.1 Å².